The first kappa shape index (κ1) is 26.4. The monoisotopic (exact) mass is 580 g/mol. The van der Waals surface area contributed by atoms with E-state index in [9.17, 15) is 14.4 Å². The van der Waals surface area contributed by atoms with Crippen molar-refractivity contribution in [2.75, 3.05) is 11.9 Å². The third-order valence-corrected chi connectivity index (χ3v) is 6.94. The van der Waals surface area contributed by atoms with E-state index < -0.39 is 17.1 Å². The van der Waals surface area contributed by atoms with Gasteiger partial charge in [-0.25, -0.2) is 0 Å². The molecule has 0 aliphatic carbocycles. The zero-order valence-corrected chi connectivity index (χ0v) is 22.1. The Morgan fingerprint density at radius 3 is 2.31 bits per heavy atom. The second-order valence-electron chi connectivity index (χ2n) is 7.53. The molecule has 184 valence electrons. The summed E-state index contributed by atoms with van der Waals surface area (Å²) >= 11 is 24.9. The van der Waals surface area contributed by atoms with E-state index >= 15 is 0 Å². The first-order valence-electron chi connectivity index (χ1n) is 10.4. The van der Waals surface area contributed by atoms with Crippen LogP contribution in [0, 0.1) is 0 Å². The number of ether oxygens (including phenoxy) is 1. The number of nitrogens with one attached hydrogen (secondary N) is 1. The fraction of sp³-hybridized carbons (Fsp3) is 0.0800. The number of nitrogens with zero attached hydrogens (tertiary/aromatic N) is 1. The fourth-order valence-corrected chi connectivity index (χ4v) is 4.84. The van der Waals surface area contributed by atoms with E-state index in [0.717, 1.165) is 16.7 Å². The largest absolute Gasteiger partial charge is 0.483 e. The molecule has 0 radical (unpaired) electrons. The van der Waals surface area contributed by atoms with Crippen LogP contribution in [0.5, 0.6) is 5.75 Å². The minimum Gasteiger partial charge on any atom is -0.483 e. The van der Waals surface area contributed by atoms with E-state index in [1.807, 2.05) is 0 Å². The molecule has 1 N–H and O–H groups in total. The molecule has 3 aromatic rings. The van der Waals surface area contributed by atoms with Crippen LogP contribution < -0.4 is 10.1 Å². The molecule has 0 unspecified atom stereocenters. The Balaban J connectivity index is 1.48. The lowest BCUT2D eigenvalue weighted by Gasteiger charge is -2.14. The summed E-state index contributed by atoms with van der Waals surface area (Å²) in [6.45, 7) is -0.288. The molecule has 3 amide bonds. The van der Waals surface area contributed by atoms with Crippen LogP contribution in [-0.4, -0.2) is 28.6 Å². The van der Waals surface area contributed by atoms with Gasteiger partial charge in [0.25, 0.3) is 17.1 Å². The van der Waals surface area contributed by atoms with Gasteiger partial charge in [0.05, 0.1) is 11.4 Å². The average Bonchev–Trinajstić information content (AvgIpc) is 3.09. The summed E-state index contributed by atoms with van der Waals surface area (Å²) in [4.78, 5) is 39.2. The Kier molecular flexibility index (Phi) is 8.49. The van der Waals surface area contributed by atoms with Gasteiger partial charge in [-0.05, 0) is 78.0 Å². The van der Waals surface area contributed by atoms with E-state index in [1.165, 1.54) is 6.08 Å². The molecule has 36 heavy (non-hydrogen) atoms. The number of carbonyl (C=O) groups excluding carboxylic acids is 3. The van der Waals surface area contributed by atoms with Gasteiger partial charge in [0.2, 0.25) is 0 Å². The predicted octanol–water partition coefficient (Wildman–Crippen LogP) is 7.55. The number of thioether (sulfide) groups is 1. The van der Waals surface area contributed by atoms with Gasteiger partial charge >= 0.3 is 0 Å². The minimum absolute atomic E-state index is 0.00177. The Hall–Kier alpha value is -2.68. The van der Waals surface area contributed by atoms with Crippen LogP contribution >= 0.6 is 58.2 Å². The lowest BCUT2D eigenvalue weighted by atomic mass is 10.1. The number of hydrogen-bond acceptors (Lipinski definition) is 5. The van der Waals surface area contributed by atoms with E-state index in [2.05, 4.69) is 5.32 Å². The highest BCUT2D eigenvalue weighted by Gasteiger charge is 2.35. The topological polar surface area (TPSA) is 75.7 Å². The molecule has 3 aromatic carbocycles. The van der Waals surface area contributed by atoms with Crippen molar-refractivity contribution >= 4 is 87.0 Å². The first-order chi connectivity index (χ1) is 17.2. The number of hydrogen-bond donors (Lipinski definition) is 1. The maximum atomic E-state index is 13.0. The summed E-state index contributed by atoms with van der Waals surface area (Å²) in [5.41, 5.74) is 1.60. The van der Waals surface area contributed by atoms with E-state index in [4.69, 9.17) is 51.1 Å². The van der Waals surface area contributed by atoms with E-state index in [1.54, 1.807) is 60.7 Å². The molecule has 0 atom stereocenters. The Bertz CT molecular complexity index is 1380. The molecule has 1 aliphatic rings. The van der Waals surface area contributed by atoms with E-state index in [0.29, 0.717) is 42.7 Å². The molecule has 11 heteroatoms. The normalized spacial score (nSPS) is 14.4. The second kappa shape index (κ2) is 11.6. The predicted molar refractivity (Wildman–Crippen MR) is 145 cm³/mol. The third-order valence-electron chi connectivity index (χ3n) is 4.96. The summed E-state index contributed by atoms with van der Waals surface area (Å²) in [6, 6.07) is 16.3. The van der Waals surface area contributed by atoms with Crippen molar-refractivity contribution in [2.45, 2.75) is 6.54 Å². The SMILES string of the molecule is O=C(COc1ccc(Cl)cc1/C=C1\SC(=O)N(Cc2ccc(Cl)cc2Cl)C1=O)Nc1ccc(Cl)cc1. The average molecular weight is 582 g/mol. The van der Waals surface area contributed by atoms with Gasteiger partial charge < -0.3 is 10.1 Å². The Labute approximate surface area is 231 Å². The Morgan fingerprint density at radius 1 is 0.917 bits per heavy atom. The highest BCUT2D eigenvalue weighted by Crippen LogP contribution is 2.36. The number of imide groups is 1. The fourth-order valence-electron chi connectivity index (χ4n) is 3.23. The van der Waals surface area contributed by atoms with Crippen molar-refractivity contribution in [1.82, 2.24) is 4.90 Å². The molecule has 0 bridgehead atoms. The molecule has 4 rings (SSSR count). The summed E-state index contributed by atoms with van der Waals surface area (Å²) < 4.78 is 5.68. The van der Waals surface area contributed by atoms with Crippen molar-refractivity contribution in [3.63, 3.8) is 0 Å². The Morgan fingerprint density at radius 2 is 1.58 bits per heavy atom. The standard InChI is InChI=1S/C25H16Cl4N2O4S/c26-16-3-6-19(7-4-16)30-23(32)13-35-21-8-5-17(27)9-15(21)10-22-24(33)31(25(34)36-22)12-14-1-2-18(28)11-20(14)29/h1-11H,12-13H2,(H,30,32)/b22-10-. The van der Waals surface area contributed by atoms with Crippen molar-refractivity contribution in [3.05, 3.63) is 96.8 Å². The van der Waals surface area contributed by atoms with Crippen LogP contribution in [0.4, 0.5) is 10.5 Å². The van der Waals surface area contributed by atoms with Crippen LogP contribution in [0.25, 0.3) is 6.08 Å². The molecular weight excluding hydrogens is 566 g/mol. The molecule has 1 aliphatic heterocycles. The highest BCUT2D eigenvalue weighted by molar-refractivity contribution is 8.18. The van der Waals surface area contributed by atoms with E-state index in [-0.39, 0.29) is 18.1 Å². The van der Waals surface area contributed by atoms with Crippen LogP contribution in [0.3, 0.4) is 0 Å². The van der Waals surface area contributed by atoms with Crippen LogP contribution in [0.15, 0.2) is 65.6 Å². The van der Waals surface area contributed by atoms with Crippen molar-refractivity contribution in [2.24, 2.45) is 0 Å². The zero-order valence-electron chi connectivity index (χ0n) is 18.3. The molecule has 1 fully saturated rings. The van der Waals surface area contributed by atoms with Crippen LogP contribution in [0.1, 0.15) is 11.1 Å². The van der Waals surface area contributed by atoms with Gasteiger partial charge in [-0.3, -0.25) is 19.3 Å². The van der Waals surface area contributed by atoms with Gasteiger partial charge in [-0.15, -0.1) is 0 Å². The van der Waals surface area contributed by atoms with Gasteiger partial charge in [0.1, 0.15) is 5.75 Å². The number of halogens is 4. The molecule has 6 nitrogen and oxygen atoms in total. The highest BCUT2D eigenvalue weighted by atomic mass is 35.5. The smallest absolute Gasteiger partial charge is 0.293 e. The number of amides is 3. The van der Waals surface area contributed by atoms with Gasteiger partial charge in [0.15, 0.2) is 6.61 Å². The molecule has 1 heterocycles. The summed E-state index contributed by atoms with van der Waals surface area (Å²) in [5, 5.41) is 4.01. The number of anilines is 1. The maximum Gasteiger partial charge on any atom is 0.293 e. The van der Waals surface area contributed by atoms with Crippen LogP contribution in [0.2, 0.25) is 20.1 Å². The lowest BCUT2D eigenvalue weighted by molar-refractivity contribution is -0.123. The molecule has 0 aromatic heterocycles. The summed E-state index contributed by atoms with van der Waals surface area (Å²) in [6.07, 6.45) is 1.51. The van der Waals surface area contributed by atoms with Crippen molar-refractivity contribution in [1.29, 1.82) is 0 Å². The van der Waals surface area contributed by atoms with Gasteiger partial charge in [-0.1, -0.05) is 52.5 Å². The summed E-state index contributed by atoms with van der Waals surface area (Å²) in [5.74, 6) is -0.556. The minimum atomic E-state index is -0.484. The zero-order chi connectivity index (χ0) is 25.8. The van der Waals surface area contributed by atoms with Crippen molar-refractivity contribution in [3.8, 4) is 5.75 Å². The van der Waals surface area contributed by atoms with Gasteiger partial charge in [-0.2, -0.15) is 0 Å². The van der Waals surface area contributed by atoms with Crippen molar-refractivity contribution < 1.29 is 19.1 Å². The number of rotatable bonds is 7. The second-order valence-corrected chi connectivity index (χ2v) is 10.2. The molecule has 0 saturated carbocycles. The lowest BCUT2D eigenvalue weighted by Crippen LogP contribution is -2.27. The first-order valence-corrected chi connectivity index (χ1v) is 12.7. The van der Waals surface area contributed by atoms with Gasteiger partial charge in [0, 0.05) is 31.3 Å². The number of carbonyl (C=O) groups is 3. The quantitative estimate of drug-likeness (QED) is 0.291. The number of benzene rings is 3. The maximum absolute atomic E-state index is 13.0. The molecule has 1 saturated heterocycles. The third kappa shape index (κ3) is 6.55. The molecule has 0 spiro atoms. The van der Waals surface area contributed by atoms with Crippen LogP contribution in [-0.2, 0) is 16.1 Å². The summed E-state index contributed by atoms with van der Waals surface area (Å²) in [7, 11) is 0. The molecular formula is C25H16Cl4N2O4S.